The molecule has 41 heavy (non-hydrogen) atoms. The van der Waals surface area contributed by atoms with Crippen molar-refractivity contribution in [3.05, 3.63) is 0 Å². The Labute approximate surface area is 248 Å². The van der Waals surface area contributed by atoms with E-state index in [9.17, 15) is 9.59 Å². The monoisotopic (exact) mass is 572 g/mol. The molecule has 4 saturated carbocycles. The Kier molecular flexibility index (Phi) is 8.80. The fourth-order valence-electron chi connectivity index (χ4n) is 11.0. The third-order valence-electron chi connectivity index (χ3n) is 13.0. The summed E-state index contributed by atoms with van der Waals surface area (Å²) in [6.45, 7) is 14.5. The molecule has 0 bridgehead atoms. The van der Waals surface area contributed by atoms with Crippen LogP contribution in [0.2, 0.25) is 0 Å². The van der Waals surface area contributed by atoms with Gasteiger partial charge in [0.2, 0.25) is 0 Å². The predicted molar refractivity (Wildman–Crippen MR) is 158 cm³/mol. The summed E-state index contributed by atoms with van der Waals surface area (Å²) >= 11 is 0. The van der Waals surface area contributed by atoms with Crippen molar-refractivity contribution in [2.45, 2.75) is 129 Å². The summed E-state index contributed by atoms with van der Waals surface area (Å²) < 4.78 is 18.3. The number of nitrogens with zero attached hydrogens (tertiary/aromatic N) is 2. The maximum Gasteiger partial charge on any atom is 0.306 e. The van der Waals surface area contributed by atoms with Gasteiger partial charge >= 0.3 is 11.9 Å². The van der Waals surface area contributed by atoms with Crippen LogP contribution in [-0.2, 0) is 23.8 Å². The Morgan fingerprint density at radius 2 is 1.59 bits per heavy atom. The van der Waals surface area contributed by atoms with Gasteiger partial charge in [-0.3, -0.25) is 19.4 Å². The van der Waals surface area contributed by atoms with Crippen molar-refractivity contribution in [1.82, 2.24) is 9.80 Å². The van der Waals surface area contributed by atoms with E-state index in [-0.39, 0.29) is 41.0 Å². The molecule has 2 aliphatic heterocycles. The van der Waals surface area contributed by atoms with Crippen molar-refractivity contribution in [3.8, 4) is 0 Å². The Bertz CT molecular complexity index is 947. The minimum atomic E-state index is -0.141. The fraction of sp³-hybridized carbons (Fsp3) is 0.941. The summed E-state index contributed by atoms with van der Waals surface area (Å²) in [5.41, 5.74) is 0.315. The molecule has 2 heterocycles. The van der Waals surface area contributed by atoms with Crippen molar-refractivity contribution >= 4 is 11.9 Å². The predicted octanol–water partition coefficient (Wildman–Crippen LogP) is 5.45. The molecule has 0 N–H and O–H groups in total. The molecular weight excluding hydrogens is 516 g/mol. The highest BCUT2D eigenvalue weighted by Crippen LogP contribution is 2.67. The first kappa shape index (κ1) is 29.9. The molecule has 6 rings (SSSR count). The zero-order valence-electron chi connectivity index (χ0n) is 26.3. The minimum Gasteiger partial charge on any atom is -0.461 e. The number of morpholine rings is 1. The number of carbonyl (C=O) groups excluding carboxylic acids is 2. The van der Waals surface area contributed by atoms with Crippen molar-refractivity contribution in [3.63, 3.8) is 0 Å². The average Bonchev–Trinajstić information content (AvgIpc) is 3.26. The summed E-state index contributed by atoms with van der Waals surface area (Å²) in [5.74, 6) is 2.46. The van der Waals surface area contributed by atoms with Crippen LogP contribution in [0.15, 0.2) is 0 Å². The van der Waals surface area contributed by atoms with Crippen molar-refractivity contribution in [1.29, 1.82) is 0 Å². The van der Waals surface area contributed by atoms with Crippen LogP contribution in [0, 0.1) is 34.5 Å². The molecule has 0 unspecified atom stereocenters. The van der Waals surface area contributed by atoms with E-state index in [0.29, 0.717) is 36.1 Å². The van der Waals surface area contributed by atoms with Gasteiger partial charge in [-0.2, -0.15) is 0 Å². The van der Waals surface area contributed by atoms with Crippen LogP contribution in [-0.4, -0.2) is 85.4 Å². The molecule has 6 fully saturated rings. The van der Waals surface area contributed by atoms with E-state index in [4.69, 9.17) is 14.2 Å². The van der Waals surface area contributed by atoms with Crippen molar-refractivity contribution in [2.24, 2.45) is 34.5 Å². The zero-order valence-corrected chi connectivity index (χ0v) is 26.3. The van der Waals surface area contributed by atoms with E-state index >= 15 is 0 Å². The maximum atomic E-state index is 13.0. The normalized spacial score (nSPS) is 45.3. The van der Waals surface area contributed by atoms with Gasteiger partial charge in [0.05, 0.1) is 13.2 Å². The molecule has 7 heteroatoms. The standard InChI is InChI=1S/C34H56N2O5/c1-5-9-31(38)41-32-28(35-14-7-6-8-15-35)21-27-25-11-10-24-20-30(40-23(2)37)29(36-16-18-39-19-17-36)22-34(24,4)26(25)12-13-33(27,32)3/h24-30,32H,5-22H2,1-4H3/t24-,25+,26-,27-,28-,29-,30-,32-,33-,34-/m0/s1. The van der Waals surface area contributed by atoms with E-state index in [1.165, 1.54) is 44.9 Å². The molecule has 232 valence electrons. The number of rotatable bonds is 6. The van der Waals surface area contributed by atoms with Crippen LogP contribution in [0.25, 0.3) is 0 Å². The van der Waals surface area contributed by atoms with Crippen molar-refractivity contribution in [2.75, 3.05) is 39.4 Å². The van der Waals surface area contributed by atoms with Crippen LogP contribution in [0.5, 0.6) is 0 Å². The second-order valence-corrected chi connectivity index (χ2v) is 15.1. The van der Waals surface area contributed by atoms with Gasteiger partial charge in [0.25, 0.3) is 0 Å². The zero-order chi connectivity index (χ0) is 28.8. The molecule has 0 aromatic rings. The van der Waals surface area contributed by atoms with Gasteiger partial charge in [-0.1, -0.05) is 27.2 Å². The van der Waals surface area contributed by atoms with Gasteiger partial charge in [-0.25, -0.2) is 0 Å². The molecule has 0 amide bonds. The molecule has 10 atom stereocenters. The summed E-state index contributed by atoms with van der Waals surface area (Å²) in [7, 11) is 0. The van der Waals surface area contributed by atoms with Crippen LogP contribution in [0.1, 0.15) is 105 Å². The first-order valence-corrected chi connectivity index (χ1v) is 17.2. The molecule has 2 saturated heterocycles. The van der Waals surface area contributed by atoms with Crippen molar-refractivity contribution < 1.29 is 23.8 Å². The Hall–Kier alpha value is -1.18. The molecule has 4 aliphatic carbocycles. The Morgan fingerprint density at radius 1 is 0.854 bits per heavy atom. The lowest BCUT2D eigenvalue weighted by Crippen LogP contribution is -2.61. The molecular formula is C34H56N2O5. The van der Waals surface area contributed by atoms with Gasteiger partial charge in [0.1, 0.15) is 12.2 Å². The lowest BCUT2D eigenvalue weighted by molar-refractivity contribution is -0.182. The molecule has 6 aliphatic rings. The van der Waals surface area contributed by atoms with E-state index in [1.54, 1.807) is 6.92 Å². The SMILES string of the molecule is CCCC(=O)O[C@H]1[C@@H](N2CCCCC2)C[C@H]2[C@@H]3CC[C@H]4C[C@H](OC(C)=O)[C@@H](N5CCOCC5)C[C@]4(C)[C@H]3CC[C@@]21C. The molecule has 0 aromatic heterocycles. The van der Waals surface area contributed by atoms with Gasteiger partial charge in [-0.15, -0.1) is 0 Å². The van der Waals surface area contributed by atoms with Crippen LogP contribution >= 0.6 is 0 Å². The maximum absolute atomic E-state index is 13.0. The number of ether oxygens (including phenoxy) is 3. The van der Waals surface area contributed by atoms with Gasteiger partial charge in [-0.05, 0) is 106 Å². The van der Waals surface area contributed by atoms with E-state index in [2.05, 4.69) is 30.6 Å². The number of piperidine rings is 1. The molecule has 0 radical (unpaired) electrons. The largest absolute Gasteiger partial charge is 0.461 e. The second kappa shape index (κ2) is 12.1. The first-order valence-electron chi connectivity index (χ1n) is 17.2. The summed E-state index contributed by atoms with van der Waals surface area (Å²) in [5, 5.41) is 0. The number of likely N-dealkylation sites (tertiary alicyclic amines) is 1. The van der Waals surface area contributed by atoms with Crippen LogP contribution in [0.3, 0.4) is 0 Å². The van der Waals surface area contributed by atoms with E-state index in [1.807, 2.05) is 0 Å². The first-order chi connectivity index (χ1) is 19.7. The smallest absolute Gasteiger partial charge is 0.306 e. The highest BCUT2D eigenvalue weighted by atomic mass is 16.5. The van der Waals surface area contributed by atoms with Crippen LogP contribution < -0.4 is 0 Å². The number of carbonyl (C=O) groups is 2. The number of fused-ring (bicyclic) bond motifs is 5. The number of esters is 2. The Morgan fingerprint density at radius 3 is 2.29 bits per heavy atom. The third kappa shape index (κ3) is 5.50. The summed E-state index contributed by atoms with van der Waals surface area (Å²) in [6, 6.07) is 0.653. The quantitative estimate of drug-likeness (QED) is 0.392. The highest BCUT2D eigenvalue weighted by molar-refractivity contribution is 5.69. The fourth-order valence-corrected chi connectivity index (χ4v) is 11.0. The number of hydrogen-bond acceptors (Lipinski definition) is 7. The lowest BCUT2D eigenvalue weighted by Gasteiger charge is -2.62. The minimum absolute atomic E-state index is 0.00796. The summed E-state index contributed by atoms with van der Waals surface area (Å²) in [4.78, 5) is 30.4. The Balaban J connectivity index is 1.27. The molecule has 0 aromatic carbocycles. The van der Waals surface area contributed by atoms with Crippen LogP contribution in [0.4, 0.5) is 0 Å². The van der Waals surface area contributed by atoms with E-state index < -0.39 is 0 Å². The average molecular weight is 573 g/mol. The molecule has 0 spiro atoms. The van der Waals surface area contributed by atoms with Gasteiger partial charge < -0.3 is 14.2 Å². The number of hydrogen-bond donors (Lipinski definition) is 0. The summed E-state index contributed by atoms with van der Waals surface area (Å²) in [6.07, 6.45) is 13.4. The van der Waals surface area contributed by atoms with E-state index in [0.717, 1.165) is 65.1 Å². The molecule has 7 nitrogen and oxygen atoms in total. The highest BCUT2D eigenvalue weighted by Gasteiger charge is 2.65. The topological polar surface area (TPSA) is 68.3 Å². The second-order valence-electron chi connectivity index (χ2n) is 15.1. The van der Waals surface area contributed by atoms with Gasteiger partial charge in [0.15, 0.2) is 0 Å². The van der Waals surface area contributed by atoms with Gasteiger partial charge in [0, 0.05) is 43.9 Å². The lowest BCUT2D eigenvalue weighted by atomic mass is 9.44. The third-order valence-corrected chi connectivity index (χ3v) is 13.0.